The molecule has 2 aliphatic heterocycles. The van der Waals surface area contributed by atoms with Crippen LogP contribution in [0.2, 0.25) is 0 Å². The standard InChI is InChI=1S/C8H11F2O4P/c1-3-7-8(4-2,15(7,9)10)14-6(12)5(11)13-7/h15H,3-4H2,1-2H3. The first kappa shape index (κ1) is 10.7. The summed E-state index contributed by atoms with van der Waals surface area (Å²) in [5, 5.41) is -3.61. The van der Waals surface area contributed by atoms with Gasteiger partial charge in [0.25, 0.3) is 0 Å². The fraction of sp³-hybridized carbons (Fsp3) is 0.750. The summed E-state index contributed by atoms with van der Waals surface area (Å²) in [6, 6.07) is 0. The van der Waals surface area contributed by atoms with Gasteiger partial charge in [0.2, 0.25) is 0 Å². The Morgan fingerprint density at radius 3 is 1.67 bits per heavy atom. The normalized spacial score (nSPS) is 43.7. The number of carbonyl (C=O) groups is 2. The molecular weight excluding hydrogens is 229 g/mol. The molecule has 0 aromatic carbocycles. The summed E-state index contributed by atoms with van der Waals surface area (Å²) in [4.78, 5) is 21.9. The number of hydrogen-bond acceptors (Lipinski definition) is 4. The number of ether oxygens (including phenoxy) is 2. The van der Waals surface area contributed by atoms with Crippen molar-refractivity contribution in [2.75, 3.05) is 0 Å². The fourth-order valence-electron chi connectivity index (χ4n) is 2.41. The van der Waals surface area contributed by atoms with E-state index in [0.29, 0.717) is 0 Å². The van der Waals surface area contributed by atoms with Gasteiger partial charge in [0.15, 0.2) is 0 Å². The van der Waals surface area contributed by atoms with Crippen LogP contribution >= 0.6 is 7.88 Å². The molecule has 15 heavy (non-hydrogen) atoms. The van der Waals surface area contributed by atoms with Crippen molar-refractivity contribution in [3.05, 3.63) is 0 Å². The third-order valence-corrected chi connectivity index (χ3v) is 6.80. The molecule has 2 unspecified atom stereocenters. The van der Waals surface area contributed by atoms with Crippen molar-refractivity contribution in [2.24, 2.45) is 0 Å². The SMILES string of the molecule is CCC12OC(=O)C(=O)OC1(CC)[PH]2(F)F. The van der Waals surface area contributed by atoms with Crippen LogP contribution in [0.3, 0.4) is 0 Å². The second-order valence-electron chi connectivity index (χ2n) is 3.71. The molecule has 2 atom stereocenters. The number of halogens is 2. The van der Waals surface area contributed by atoms with Gasteiger partial charge in [-0.3, -0.25) is 0 Å². The van der Waals surface area contributed by atoms with E-state index in [1.807, 2.05) is 0 Å². The van der Waals surface area contributed by atoms with Crippen molar-refractivity contribution >= 4 is 19.8 Å². The monoisotopic (exact) mass is 240 g/mol. The Morgan fingerprint density at radius 2 is 1.40 bits per heavy atom. The maximum atomic E-state index is 13.7. The van der Waals surface area contributed by atoms with Gasteiger partial charge in [-0.05, 0) is 0 Å². The van der Waals surface area contributed by atoms with Gasteiger partial charge in [-0.2, -0.15) is 0 Å². The molecule has 0 aromatic heterocycles. The number of hydrogen-bond donors (Lipinski definition) is 0. The van der Waals surface area contributed by atoms with Crippen LogP contribution in [0.15, 0.2) is 0 Å². The Morgan fingerprint density at radius 1 is 1.07 bits per heavy atom. The fourth-order valence-corrected chi connectivity index (χ4v) is 5.58. The van der Waals surface area contributed by atoms with Crippen LogP contribution in [0.25, 0.3) is 0 Å². The van der Waals surface area contributed by atoms with Crippen LogP contribution < -0.4 is 0 Å². The predicted molar refractivity (Wildman–Crippen MR) is 48.8 cm³/mol. The van der Waals surface area contributed by atoms with Crippen LogP contribution in [-0.4, -0.2) is 22.6 Å². The van der Waals surface area contributed by atoms with Crippen molar-refractivity contribution in [3.63, 3.8) is 0 Å². The summed E-state index contributed by atoms with van der Waals surface area (Å²) in [7, 11) is -4.83. The van der Waals surface area contributed by atoms with Crippen LogP contribution in [0, 0.1) is 0 Å². The molecule has 86 valence electrons. The van der Waals surface area contributed by atoms with E-state index < -0.39 is 30.5 Å². The Balaban J connectivity index is 2.45. The molecule has 0 aromatic rings. The summed E-state index contributed by atoms with van der Waals surface area (Å²) in [6.45, 7) is 3.01. The summed E-state index contributed by atoms with van der Waals surface area (Å²) < 4.78 is 36.7. The van der Waals surface area contributed by atoms with Crippen LogP contribution in [0.1, 0.15) is 26.7 Å². The average Bonchev–Trinajstić information content (AvgIpc) is 2.60. The zero-order valence-electron chi connectivity index (χ0n) is 8.30. The van der Waals surface area contributed by atoms with E-state index in [1.54, 1.807) is 0 Å². The van der Waals surface area contributed by atoms with Crippen molar-refractivity contribution in [3.8, 4) is 0 Å². The van der Waals surface area contributed by atoms with E-state index in [1.165, 1.54) is 13.8 Å². The molecule has 7 heteroatoms. The third kappa shape index (κ3) is 0.853. The summed E-state index contributed by atoms with van der Waals surface area (Å²) >= 11 is 0. The van der Waals surface area contributed by atoms with Gasteiger partial charge < -0.3 is 0 Å². The quantitative estimate of drug-likeness (QED) is 0.419. The van der Waals surface area contributed by atoms with E-state index >= 15 is 0 Å². The second kappa shape index (κ2) is 2.67. The van der Waals surface area contributed by atoms with Crippen molar-refractivity contribution in [1.82, 2.24) is 0 Å². The zero-order valence-corrected chi connectivity index (χ0v) is 9.30. The first-order valence-corrected chi connectivity index (χ1v) is 6.48. The Bertz CT molecular complexity index is 327. The molecule has 0 amide bonds. The average molecular weight is 240 g/mol. The molecule has 2 saturated heterocycles. The summed E-state index contributed by atoms with van der Waals surface area (Å²) in [5.41, 5.74) is 0. The zero-order chi connectivity index (χ0) is 11.5. The number of esters is 2. The molecule has 0 radical (unpaired) electrons. The van der Waals surface area contributed by atoms with Gasteiger partial charge in [0.05, 0.1) is 0 Å². The van der Waals surface area contributed by atoms with Crippen molar-refractivity contribution in [2.45, 2.75) is 37.4 Å². The van der Waals surface area contributed by atoms with Crippen LogP contribution in [0.4, 0.5) is 8.39 Å². The Labute approximate surface area is 85.5 Å². The molecule has 0 saturated carbocycles. The van der Waals surface area contributed by atoms with Gasteiger partial charge in [-0.1, -0.05) is 0 Å². The molecule has 0 aliphatic carbocycles. The van der Waals surface area contributed by atoms with Crippen molar-refractivity contribution < 1.29 is 27.5 Å². The molecule has 0 spiro atoms. The van der Waals surface area contributed by atoms with Gasteiger partial charge in [0, 0.05) is 0 Å². The van der Waals surface area contributed by atoms with Crippen molar-refractivity contribution in [1.29, 1.82) is 0 Å². The van der Waals surface area contributed by atoms with E-state index in [0.717, 1.165) is 0 Å². The van der Waals surface area contributed by atoms with Gasteiger partial charge in [-0.25, -0.2) is 0 Å². The third-order valence-electron chi connectivity index (χ3n) is 3.30. The minimum absolute atomic E-state index is 0.0148. The molecule has 2 fully saturated rings. The van der Waals surface area contributed by atoms with Crippen LogP contribution in [0.5, 0.6) is 0 Å². The number of fused-ring (bicyclic) bond motifs is 1. The minimum atomic E-state index is -4.83. The van der Waals surface area contributed by atoms with E-state index in [2.05, 4.69) is 9.47 Å². The van der Waals surface area contributed by atoms with E-state index in [9.17, 15) is 18.0 Å². The predicted octanol–water partition coefficient (Wildman–Crippen LogP) is 1.83. The topological polar surface area (TPSA) is 52.6 Å². The Kier molecular flexibility index (Phi) is 1.91. The summed E-state index contributed by atoms with van der Waals surface area (Å²) in [6.07, 6.45) is -0.0296. The van der Waals surface area contributed by atoms with Gasteiger partial charge in [-0.15, -0.1) is 0 Å². The number of carbonyl (C=O) groups excluding carboxylic acids is 2. The van der Waals surface area contributed by atoms with E-state index in [-0.39, 0.29) is 12.8 Å². The molecule has 2 aliphatic rings. The molecular formula is C8H11F2O4P. The first-order valence-electron chi connectivity index (χ1n) is 4.72. The molecule has 4 nitrogen and oxygen atoms in total. The number of rotatable bonds is 2. The van der Waals surface area contributed by atoms with E-state index in [4.69, 9.17) is 0 Å². The summed E-state index contributed by atoms with van der Waals surface area (Å²) in [5.74, 6) is -2.60. The molecule has 2 heterocycles. The van der Waals surface area contributed by atoms with Crippen LogP contribution in [-0.2, 0) is 19.1 Å². The molecule has 0 bridgehead atoms. The van der Waals surface area contributed by atoms with Gasteiger partial charge >= 0.3 is 84.7 Å². The molecule has 0 N–H and O–H groups in total. The first-order chi connectivity index (χ1) is 6.88. The Hall–Kier alpha value is -0.770. The maximum absolute atomic E-state index is 13.7. The van der Waals surface area contributed by atoms with Gasteiger partial charge in [0.1, 0.15) is 0 Å². The second-order valence-corrected chi connectivity index (χ2v) is 6.48. The molecule has 2 rings (SSSR count).